The van der Waals surface area contributed by atoms with Crippen LogP contribution in [0.15, 0.2) is 33.9 Å². The van der Waals surface area contributed by atoms with Crippen molar-refractivity contribution in [1.29, 1.82) is 0 Å². The number of aromatic amines is 1. The highest BCUT2D eigenvalue weighted by Crippen LogP contribution is 2.27. The molecule has 0 bridgehead atoms. The highest BCUT2D eigenvalue weighted by atomic mass is 19.1. The van der Waals surface area contributed by atoms with E-state index in [-0.39, 0.29) is 23.5 Å². The van der Waals surface area contributed by atoms with Gasteiger partial charge < -0.3 is 4.57 Å². The number of urea groups is 1. The van der Waals surface area contributed by atoms with E-state index in [2.05, 4.69) is 9.97 Å². The number of amides is 3. The Morgan fingerprint density at radius 3 is 2.47 bits per heavy atom. The van der Waals surface area contributed by atoms with Gasteiger partial charge in [0.05, 0.1) is 6.54 Å². The van der Waals surface area contributed by atoms with E-state index >= 15 is 0 Å². The lowest BCUT2D eigenvalue weighted by molar-refractivity contribution is -0.127. The predicted molar refractivity (Wildman–Crippen MR) is 115 cm³/mol. The highest BCUT2D eigenvalue weighted by Gasteiger charge is 2.43. The van der Waals surface area contributed by atoms with Gasteiger partial charge in [0.2, 0.25) is 0 Å². The van der Waals surface area contributed by atoms with Gasteiger partial charge in [-0.3, -0.25) is 28.9 Å². The van der Waals surface area contributed by atoms with Gasteiger partial charge in [0, 0.05) is 19.3 Å². The lowest BCUT2D eigenvalue weighted by Crippen LogP contribution is -2.34. The number of carbonyl (C=O) groups is 2. The van der Waals surface area contributed by atoms with Crippen LogP contribution in [0.2, 0.25) is 0 Å². The van der Waals surface area contributed by atoms with Crippen molar-refractivity contribution in [3.05, 3.63) is 56.7 Å². The number of unbranched alkanes of at least 4 members (excludes halogenated alkanes) is 1. The van der Waals surface area contributed by atoms with Gasteiger partial charge in [0.1, 0.15) is 17.7 Å². The molecule has 1 unspecified atom stereocenters. The number of benzene rings is 1. The SMILES string of the molecule is CCCCn1c(=O)[nH]c(=O)c2c1nc(CN1C(=O)C(C)N(c3ccc(F)cc3)C1=O)n2C. The molecule has 168 valence electrons. The number of imidazole rings is 1. The third-order valence-electron chi connectivity index (χ3n) is 5.69. The van der Waals surface area contributed by atoms with Crippen LogP contribution in [0.3, 0.4) is 0 Å². The van der Waals surface area contributed by atoms with Crippen LogP contribution in [0, 0.1) is 5.82 Å². The molecular weight excluding hydrogens is 419 g/mol. The molecule has 4 rings (SSSR count). The molecule has 3 aromatic rings. The molecule has 1 aliphatic rings. The van der Waals surface area contributed by atoms with Gasteiger partial charge in [0.25, 0.3) is 11.5 Å². The van der Waals surface area contributed by atoms with Gasteiger partial charge in [-0.1, -0.05) is 13.3 Å². The van der Waals surface area contributed by atoms with E-state index in [9.17, 15) is 23.6 Å². The lowest BCUT2D eigenvalue weighted by Gasteiger charge is -2.19. The Kier molecular flexibility index (Phi) is 5.41. The molecule has 3 heterocycles. The molecule has 1 fully saturated rings. The minimum Gasteiger partial charge on any atom is -0.324 e. The number of imide groups is 1. The number of aromatic nitrogens is 4. The van der Waals surface area contributed by atoms with Gasteiger partial charge in [-0.05, 0) is 37.6 Å². The number of nitrogens with one attached hydrogen (secondary N) is 1. The molecule has 0 saturated carbocycles. The Labute approximate surface area is 181 Å². The Balaban J connectivity index is 1.72. The fraction of sp³-hybridized carbons (Fsp3) is 0.381. The number of H-pyrrole nitrogens is 1. The molecule has 1 aliphatic heterocycles. The quantitative estimate of drug-likeness (QED) is 0.584. The first kappa shape index (κ1) is 21.5. The van der Waals surface area contributed by atoms with Crippen LogP contribution in [0.25, 0.3) is 11.2 Å². The van der Waals surface area contributed by atoms with Crippen LogP contribution in [0.5, 0.6) is 0 Å². The van der Waals surface area contributed by atoms with Crippen molar-refractivity contribution in [2.75, 3.05) is 4.90 Å². The van der Waals surface area contributed by atoms with Gasteiger partial charge in [-0.2, -0.15) is 0 Å². The first-order chi connectivity index (χ1) is 15.2. The lowest BCUT2D eigenvalue weighted by atomic mass is 10.2. The van der Waals surface area contributed by atoms with E-state index in [1.165, 1.54) is 38.3 Å². The molecule has 2 aromatic heterocycles. The standard InChI is InChI=1S/C21H23FN6O4/c1-4-5-10-26-17-16(18(29)24-20(26)31)25(3)15(23-17)11-27-19(30)12(2)28(21(27)32)14-8-6-13(22)7-9-14/h6-9,12H,4-5,10-11H2,1-3H3,(H,24,29,31). The second kappa shape index (κ2) is 8.06. The Bertz CT molecular complexity index is 1320. The Hall–Kier alpha value is -3.76. The maximum Gasteiger partial charge on any atom is 0.332 e. The third-order valence-corrected chi connectivity index (χ3v) is 5.69. The molecule has 1 N–H and O–H groups in total. The summed E-state index contributed by atoms with van der Waals surface area (Å²) in [6, 6.07) is 3.95. The zero-order chi connectivity index (χ0) is 23.2. The monoisotopic (exact) mass is 442 g/mol. The number of hydrogen-bond acceptors (Lipinski definition) is 5. The second-order valence-electron chi connectivity index (χ2n) is 7.75. The predicted octanol–water partition coefficient (Wildman–Crippen LogP) is 1.72. The number of halogens is 1. The minimum atomic E-state index is -0.784. The molecule has 10 nitrogen and oxygen atoms in total. The summed E-state index contributed by atoms with van der Waals surface area (Å²) in [5, 5.41) is 0. The largest absolute Gasteiger partial charge is 0.332 e. The number of hydrogen-bond donors (Lipinski definition) is 1. The van der Waals surface area contributed by atoms with Crippen molar-refractivity contribution >= 4 is 28.8 Å². The second-order valence-corrected chi connectivity index (χ2v) is 7.75. The first-order valence-corrected chi connectivity index (χ1v) is 10.3. The summed E-state index contributed by atoms with van der Waals surface area (Å²) in [4.78, 5) is 59.7. The van der Waals surface area contributed by atoms with E-state index in [0.29, 0.717) is 12.2 Å². The topological polar surface area (TPSA) is 113 Å². The summed E-state index contributed by atoms with van der Waals surface area (Å²) in [5.41, 5.74) is -0.329. The van der Waals surface area contributed by atoms with E-state index in [1.807, 2.05) is 6.92 Å². The summed E-state index contributed by atoms with van der Waals surface area (Å²) >= 11 is 0. The van der Waals surface area contributed by atoms with E-state index in [4.69, 9.17) is 0 Å². The summed E-state index contributed by atoms with van der Waals surface area (Å²) in [7, 11) is 1.60. The maximum absolute atomic E-state index is 13.3. The van der Waals surface area contributed by atoms with Gasteiger partial charge in [-0.25, -0.2) is 19.0 Å². The van der Waals surface area contributed by atoms with Crippen molar-refractivity contribution in [1.82, 2.24) is 24.0 Å². The molecule has 11 heteroatoms. The number of aryl methyl sites for hydroxylation is 2. The van der Waals surface area contributed by atoms with Crippen LogP contribution in [0.1, 0.15) is 32.5 Å². The van der Waals surface area contributed by atoms with Crippen molar-refractivity contribution in [3.63, 3.8) is 0 Å². The Morgan fingerprint density at radius 1 is 1.12 bits per heavy atom. The molecule has 1 saturated heterocycles. The number of rotatable bonds is 6. The van der Waals surface area contributed by atoms with Gasteiger partial charge in [0.15, 0.2) is 11.2 Å². The van der Waals surface area contributed by atoms with E-state index in [0.717, 1.165) is 17.7 Å². The summed E-state index contributed by atoms with van der Waals surface area (Å²) < 4.78 is 16.2. The molecule has 0 spiro atoms. The fourth-order valence-electron chi connectivity index (χ4n) is 3.91. The zero-order valence-corrected chi connectivity index (χ0v) is 18.0. The van der Waals surface area contributed by atoms with Crippen LogP contribution in [0.4, 0.5) is 14.9 Å². The summed E-state index contributed by atoms with van der Waals surface area (Å²) in [6.45, 7) is 3.78. The normalized spacial score (nSPS) is 16.6. The molecule has 0 radical (unpaired) electrons. The van der Waals surface area contributed by atoms with E-state index in [1.54, 1.807) is 14.0 Å². The fourth-order valence-corrected chi connectivity index (χ4v) is 3.91. The van der Waals surface area contributed by atoms with Crippen LogP contribution in [-0.4, -0.2) is 42.0 Å². The van der Waals surface area contributed by atoms with Crippen molar-refractivity contribution < 1.29 is 14.0 Å². The number of nitrogens with zero attached hydrogens (tertiary/aromatic N) is 5. The minimum absolute atomic E-state index is 0.174. The van der Waals surface area contributed by atoms with Crippen LogP contribution in [-0.2, 0) is 24.9 Å². The molecule has 1 aromatic carbocycles. The van der Waals surface area contributed by atoms with Gasteiger partial charge >= 0.3 is 11.7 Å². The maximum atomic E-state index is 13.3. The van der Waals surface area contributed by atoms with Crippen LogP contribution < -0.4 is 16.1 Å². The number of carbonyl (C=O) groups excluding carboxylic acids is 2. The van der Waals surface area contributed by atoms with Crippen molar-refractivity contribution in [3.8, 4) is 0 Å². The average Bonchev–Trinajstić information content (AvgIpc) is 3.18. The van der Waals surface area contributed by atoms with Gasteiger partial charge in [-0.15, -0.1) is 0 Å². The van der Waals surface area contributed by atoms with Crippen molar-refractivity contribution in [2.24, 2.45) is 7.05 Å². The highest BCUT2D eigenvalue weighted by molar-refractivity contribution is 6.13. The number of fused-ring (bicyclic) bond motifs is 1. The molecule has 3 amide bonds. The van der Waals surface area contributed by atoms with Crippen molar-refractivity contribution in [2.45, 2.75) is 45.8 Å². The molecular formula is C21H23FN6O4. The first-order valence-electron chi connectivity index (χ1n) is 10.3. The smallest absolute Gasteiger partial charge is 0.324 e. The molecule has 32 heavy (non-hydrogen) atoms. The zero-order valence-electron chi connectivity index (χ0n) is 18.0. The number of anilines is 1. The Morgan fingerprint density at radius 2 is 1.81 bits per heavy atom. The van der Waals surface area contributed by atoms with Crippen LogP contribution >= 0.6 is 0 Å². The average molecular weight is 442 g/mol. The molecule has 0 aliphatic carbocycles. The molecule has 1 atom stereocenters. The summed E-state index contributed by atoms with van der Waals surface area (Å²) in [5.74, 6) is -0.602. The summed E-state index contributed by atoms with van der Waals surface area (Å²) in [6.07, 6.45) is 1.57. The van der Waals surface area contributed by atoms with E-state index < -0.39 is 35.0 Å². The third kappa shape index (κ3) is 3.39.